The predicted octanol–water partition coefficient (Wildman–Crippen LogP) is 3.28. The maximum absolute atomic E-state index is 14.3. The summed E-state index contributed by atoms with van der Waals surface area (Å²) in [7, 11) is 0. The minimum atomic E-state index is -0.328. The highest BCUT2D eigenvalue weighted by Crippen LogP contribution is 2.20. The Labute approximate surface area is 186 Å². The van der Waals surface area contributed by atoms with Gasteiger partial charge in [-0.25, -0.2) is 14.2 Å². The zero-order valence-electron chi connectivity index (χ0n) is 18.3. The van der Waals surface area contributed by atoms with E-state index in [1.54, 1.807) is 6.07 Å². The van der Waals surface area contributed by atoms with Gasteiger partial charge in [-0.05, 0) is 37.0 Å². The molecule has 0 radical (unpaired) electrons. The fourth-order valence-electron chi connectivity index (χ4n) is 3.95. The average molecular weight is 441 g/mol. The van der Waals surface area contributed by atoms with Gasteiger partial charge >= 0.3 is 5.69 Å². The van der Waals surface area contributed by atoms with E-state index in [0.29, 0.717) is 37.6 Å². The van der Waals surface area contributed by atoms with Crippen LogP contribution in [0.25, 0.3) is 11.3 Å². The van der Waals surface area contributed by atoms with Crippen LogP contribution < -0.4 is 11.0 Å². The fourth-order valence-corrected chi connectivity index (χ4v) is 3.95. The molecule has 1 aromatic carbocycles. The number of nitrogens with zero attached hydrogens (tertiary/aromatic N) is 3. The van der Waals surface area contributed by atoms with Gasteiger partial charge < -0.3 is 15.2 Å². The molecular weight excluding hydrogens is 411 g/mol. The summed E-state index contributed by atoms with van der Waals surface area (Å²) in [4.78, 5) is 16.9. The summed E-state index contributed by atoms with van der Waals surface area (Å²) in [5.74, 6) is -0.352. The van der Waals surface area contributed by atoms with E-state index < -0.39 is 0 Å². The highest BCUT2D eigenvalue weighted by molar-refractivity contribution is 5.59. The second-order valence-corrected chi connectivity index (χ2v) is 8.17. The van der Waals surface area contributed by atoms with Crippen LogP contribution in [0.1, 0.15) is 37.4 Å². The van der Waals surface area contributed by atoms with E-state index in [0.717, 1.165) is 37.0 Å². The van der Waals surface area contributed by atoms with Crippen LogP contribution in [0.3, 0.4) is 0 Å². The largest absolute Gasteiger partial charge is 0.493 e. The van der Waals surface area contributed by atoms with Gasteiger partial charge in [0.15, 0.2) is 0 Å². The summed E-state index contributed by atoms with van der Waals surface area (Å²) >= 11 is 0. The molecule has 4 rings (SSSR count). The number of hydrogen-bond acceptors (Lipinski definition) is 5. The van der Waals surface area contributed by atoms with Crippen LogP contribution >= 0.6 is 0 Å². The number of benzene rings is 1. The first-order chi connectivity index (χ1) is 15.5. The quantitative estimate of drug-likeness (QED) is 0.562. The van der Waals surface area contributed by atoms with Crippen LogP contribution in [-0.4, -0.2) is 38.5 Å². The average Bonchev–Trinajstić information content (AvgIpc) is 3.07. The number of pyridine rings is 1. The Morgan fingerprint density at radius 1 is 1.25 bits per heavy atom. The van der Waals surface area contributed by atoms with Crippen molar-refractivity contribution in [2.24, 2.45) is 0 Å². The van der Waals surface area contributed by atoms with Crippen molar-refractivity contribution in [2.75, 3.05) is 13.2 Å². The van der Waals surface area contributed by atoms with Crippen molar-refractivity contribution in [3.05, 3.63) is 70.2 Å². The molecule has 1 unspecified atom stereocenters. The Morgan fingerprint density at radius 2 is 2.06 bits per heavy atom. The highest BCUT2D eigenvalue weighted by Gasteiger charge is 2.15. The standard InChI is InChI=1S/C24H29FN4O3/c1-2-11-29-23(30)15-28(24(29)31)14-17-5-7-18(8-6-17)21-10-9-20(25)22(27-21)13-26-19-4-3-12-32-16-19/h5-10,15,19,26,30H,2-4,11-14,16H2,1H3. The molecule has 7 nitrogen and oxygen atoms in total. The molecule has 1 saturated heterocycles. The number of hydrogen-bond donors (Lipinski definition) is 2. The predicted molar refractivity (Wildman–Crippen MR) is 120 cm³/mol. The van der Waals surface area contributed by atoms with E-state index in [1.165, 1.54) is 21.4 Å². The minimum Gasteiger partial charge on any atom is -0.493 e. The summed E-state index contributed by atoms with van der Waals surface area (Å²) in [6.45, 7) is 4.59. The molecular formula is C24H29FN4O3. The lowest BCUT2D eigenvalue weighted by Crippen LogP contribution is -2.36. The van der Waals surface area contributed by atoms with E-state index in [1.807, 2.05) is 31.2 Å². The Balaban J connectivity index is 1.46. The molecule has 0 amide bonds. The number of imidazole rings is 1. The smallest absolute Gasteiger partial charge is 0.331 e. The fraction of sp³-hybridized carbons (Fsp3) is 0.417. The van der Waals surface area contributed by atoms with Crippen LogP contribution in [-0.2, 0) is 24.4 Å². The summed E-state index contributed by atoms with van der Waals surface area (Å²) in [5.41, 5.74) is 2.64. The molecule has 3 aromatic rings. The molecule has 0 spiro atoms. The van der Waals surface area contributed by atoms with E-state index in [4.69, 9.17) is 4.74 Å². The van der Waals surface area contributed by atoms with Crippen molar-refractivity contribution in [3.63, 3.8) is 0 Å². The third-order valence-electron chi connectivity index (χ3n) is 5.71. The molecule has 1 atom stereocenters. The molecule has 1 fully saturated rings. The summed E-state index contributed by atoms with van der Waals surface area (Å²) < 4.78 is 22.6. The molecule has 8 heteroatoms. The first-order valence-electron chi connectivity index (χ1n) is 11.1. The van der Waals surface area contributed by atoms with Crippen LogP contribution in [0.5, 0.6) is 5.88 Å². The Bertz CT molecular complexity index is 1100. The molecule has 3 heterocycles. The van der Waals surface area contributed by atoms with Crippen molar-refractivity contribution in [2.45, 2.75) is 51.9 Å². The number of ether oxygens (including phenoxy) is 1. The van der Waals surface area contributed by atoms with E-state index >= 15 is 0 Å². The maximum Gasteiger partial charge on any atom is 0.331 e. The van der Waals surface area contributed by atoms with E-state index in [2.05, 4.69) is 10.3 Å². The first-order valence-corrected chi connectivity index (χ1v) is 11.1. The zero-order valence-corrected chi connectivity index (χ0v) is 18.3. The van der Waals surface area contributed by atoms with Crippen LogP contribution in [0.2, 0.25) is 0 Å². The molecule has 32 heavy (non-hydrogen) atoms. The van der Waals surface area contributed by atoms with Crippen LogP contribution in [0.15, 0.2) is 47.4 Å². The molecule has 2 N–H and O–H groups in total. The number of nitrogens with one attached hydrogen (secondary N) is 1. The first kappa shape index (κ1) is 22.2. The Morgan fingerprint density at radius 3 is 2.78 bits per heavy atom. The van der Waals surface area contributed by atoms with Crippen molar-refractivity contribution in [3.8, 4) is 17.1 Å². The summed E-state index contributed by atoms with van der Waals surface area (Å²) in [6.07, 6.45) is 4.26. The third kappa shape index (κ3) is 5.08. The van der Waals surface area contributed by atoms with Crippen molar-refractivity contribution >= 4 is 0 Å². The minimum absolute atomic E-state index is 0.0232. The molecule has 0 aliphatic carbocycles. The highest BCUT2D eigenvalue weighted by atomic mass is 19.1. The Hall–Kier alpha value is -2.97. The van der Waals surface area contributed by atoms with Crippen LogP contribution in [0, 0.1) is 5.82 Å². The molecule has 1 aliphatic heterocycles. The second-order valence-electron chi connectivity index (χ2n) is 8.17. The zero-order chi connectivity index (χ0) is 22.5. The lowest BCUT2D eigenvalue weighted by Gasteiger charge is -2.23. The van der Waals surface area contributed by atoms with Crippen LogP contribution in [0.4, 0.5) is 4.39 Å². The summed E-state index contributed by atoms with van der Waals surface area (Å²) in [6, 6.07) is 11.0. The molecule has 0 bridgehead atoms. The molecule has 1 aliphatic rings. The normalized spacial score (nSPS) is 16.4. The topological polar surface area (TPSA) is 81.3 Å². The number of rotatable bonds is 8. The monoisotopic (exact) mass is 440 g/mol. The van der Waals surface area contributed by atoms with Crippen molar-refractivity contribution in [1.82, 2.24) is 19.4 Å². The van der Waals surface area contributed by atoms with Gasteiger partial charge in [0.25, 0.3) is 0 Å². The lowest BCUT2D eigenvalue weighted by atomic mass is 10.1. The molecule has 0 saturated carbocycles. The van der Waals surface area contributed by atoms with Gasteiger partial charge in [-0.2, -0.15) is 0 Å². The van der Waals surface area contributed by atoms with E-state index in [-0.39, 0.29) is 23.4 Å². The maximum atomic E-state index is 14.3. The van der Waals surface area contributed by atoms with Crippen molar-refractivity contribution < 1.29 is 14.2 Å². The van der Waals surface area contributed by atoms with Gasteiger partial charge in [-0.1, -0.05) is 31.2 Å². The molecule has 170 valence electrons. The lowest BCUT2D eigenvalue weighted by molar-refractivity contribution is 0.0697. The Kier molecular flexibility index (Phi) is 7.02. The number of halogens is 1. The molecule has 2 aromatic heterocycles. The second kappa shape index (κ2) is 10.1. The number of aromatic nitrogens is 3. The summed E-state index contributed by atoms with van der Waals surface area (Å²) in [5, 5.41) is 13.3. The number of aromatic hydroxyl groups is 1. The third-order valence-corrected chi connectivity index (χ3v) is 5.71. The SMILES string of the molecule is CCCn1c(O)cn(Cc2ccc(-c3ccc(F)c(CNC4CCCOC4)n3)cc2)c1=O. The van der Waals surface area contributed by atoms with Gasteiger partial charge in [0.05, 0.1) is 30.7 Å². The van der Waals surface area contributed by atoms with Gasteiger partial charge in [0.2, 0.25) is 5.88 Å². The van der Waals surface area contributed by atoms with Gasteiger partial charge in [0, 0.05) is 31.3 Å². The van der Waals surface area contributed by atoms with E-state index in [9.17, 15) is 14.3 Å². The van der Waals surface area contributed by atoms with Gasteiger partial charge in [-0.15, -0.1) is 0 Å². The van der Waals surface area contributed by atoms with Crippen molar-refractivity contribution in [1.29, 1.82) is 0 Å². The van der Waals surface area contributed by atoms with Gasteiger partial charge in [-0.3, -0.25) is 9.13 Å². The van der Waals surface area contributed by atoms with Gasteiger partial charge in [0.1, 0.15) is 5.82 Å².